The molecule has 0 aliphatic heterocycles. The number of hydrogen-bond donors (Lipinski definition) is 1. The molecule has 0 bridgehead atoms. The van der Waals surface area contributed by atoms with Gasteiger partial charge < -0.3 is 14.8 Å². The van der Waals surface area contributed by atoms with Crippen molar-refractivity contribution in [3.8, 4) is 17.6 Å². The van der Waals surface area contributed by atoms with Crippen LogP contribution in [0.1, 0.15) is 15.9 Å². The maximum absolute atomic E-state index is 12.3. The van der Waals surface area contributed by atoms with Gasteiger partial charge in [-0.05, 0) is 29.8 Å². The van der Waals surface area contributed by atoms with Crippen molar-refractivity contribution in [2.75, 3.05) is 19.5 Å². The van der Waals surface area contributed by atoms with Crippen molar-refractivity contribution in [2.45, 2.75) is 6.42 Å². The van der Waals surface area contributed by atoms with Crippen LogP contribution in [0.3, 0.4) is 0 Å². The summed E-state index contributed by atoms with van der Waals surface area (Å²) in [6.45, 7) is 0. The lowest BCUT2D eigenvalue weighted by atomic mass is 10.1. The summed E-state index contributed by atoms with van der Waals surface area (Å²) in [5.41, 5.74) is 1.98. The summed E-state index contributed by atoms with van der Waals surface area (Å²) in [6, 6.07) is 14.2. The first-order valence-corrected chi connectivity index (χ1v) is 6.67. The normalized spacial score (nSPS) is 9.68. The minimum Gasteiger partial charge on any atom is -0.497 e. The second-order valence-electron chi connectivity index (χ2n) is 4.55. The van der Waals surface area contributed by atoms with E-state index < -0.39 is 0 Å². The zero-order valence-corrected chi connectivity index (χ0v) is 12.4. The Bertz CT molecular complexity index is 703. The van der Waals surface area contributed by atoms with Gasteiger partial charge in [0, 0.05) is 11.8 Å². The Kier molecular flexibility index (Phi) is 4.99. The molecular formula is C17H16N2O3. The Labute approximate surface area is 129 Å². The van der Waals surface area contributed by atoms with Gasteiger partial charge >= 0.3 is 0 Å². The minimum atomic E-state index is -0.271. The number of ether oxygens (including phenoxy) is 2. The Morgan fingerprint density at radius 2 is 1.86 bits per heavy atom. The highest BCUT2D eigenvalue weighted by molar-refractivity contribution is 6.06. The number of nitrogens with zero attached hydrogens (tertiary/aromatic N) is 1. The molecule has 1 amide bonds. The average Bonchev–Trinajstić information content (AvgIpc) is 2.56. The predicted octanol–water partition coefficient (Wildman–Crippen LogP) is 3.02. The number of carbonyl (C=O) groups is 1. The first-order valence-electron chi connectivity index (χ1n) is 6.67. The van der Waals surface area contributed by atoms with Crippen molar-refractivity contribution in [2.24, 2.45) is 0 Å². The molecule has 5 heteroatoms. The number of anilines is 1. The Balaban J connectivity index is 2.16. The van der Waals surface area contributed by atoms with E-state index in [1.54, 1.807) is 37.4 Å². The van der Waals surface area contributed by atoms with Crippen LogP contribution < -0.4 is 14.8 Å². The molecule has 0 fully saturated rings. The highest BCUT2D eigenvalue weighted by Gasteiger charge is 2.13. The van der Waals surface area contributed by atoms with Crippen LogP contribution in [0.4, 0.5) is 5.69 Å². The molecule has 5 nitrogen and oxygen atoms in total. The minimum absolute atomic E-state index is 0.271. The van der Waals surface area contributed by atoms with Crippen molar-refractivity contribution in [1.29, 1.82) is 5.26 Å². The Morgan fingerprint density at radius 1 is 1.14 bits per heavy atom. The van der Waals surface area contributed by atoms with E-state index in [1.807, 2.05) is 12.1 Å². The summed E-state index contributed by atoms with van der Waals surface area (Å²) in [4.78, 5) is 12.3. The van der Waals surface area contributed by atoms with Gasteiger partial charge in [0.25, 0.3) is 5.91 Å². The van der Waals surface area contributed by atoms with Gasteiger partial charge in [-0.15, -0.1) is 0 Å². The van der Waals surface area contributed by atoms with Crippen LogP contribution in [0.5, 0.6) is 11.5 Å². The van der Waals surface area contributed by atoms with E-state index in [4.69, 9.17) is 14.7 Å². The molecule has 0 aliphatic carbocycles. The maximum Gasteiger partial charge on any atom is 0.259 e. The molecule has 2 aromatic rings. The van der Waals surface area contributed by atoms with Gasteiger partial charge in [-0.25, -0.2) is 0 Å². The van der Waals surface area contributed by atoms with Gasteiger partial charge in [0.05, 0.1) is 32.3 Å². The second-order valence-corrected chi connectivity index (χ2v) is 4.55. The molecule has 2 aromatic carbocycles. The van der Waals surface area contributed by atoms with E-state index in [0.29, 0.717) is 29.2 Å². The van der Waals surface area contributed by atoms with E-state index >= 15 is 0 Å². The van der Waals surface area contributed by atoms with Crippen LogP contribution in [-0.2, 0) is 6.42 Å². The number of benzene rings is 2. The molecule has 0 atom stereocenters. The summed E-state index contributed by atoms with van der Waals surface area (Å²) >= 11 is 0. The van der Waals surface area contributed by atoms with Gasteiger partial charge in [-0.1, -0.05) is 12.1 Å². The quantitative estimate of drug-likeness (QED) is 0.920. The number of nitriles is 1. The van der Waals surface area contributed by atoms with Gasteiger partial charge in [-0.3, -0.25) is 4.79 Å². The summed E-state index contributed by atoms with van der Waals surface area (Å²) in [5.74, 6) is 0.791. The zero-order chi connectivity index (χ0) is 15.9. The van der Waals surface area contributed by atoms with Crippen molar-refractivity contribution in [3.63, 3.8) is 0 Å². The third-order valence-corrected chi connectivity index (χ3v) is 3.15. The SMILES string of the molecule is COc1ccc(C(=O)Nc2ccc(CC#N)cc2)c(OC)c1. The number of hydrogen-bond acceptors (Lipinski definition) is 4. The standard InChI is InChI=1S/C17H16N2O3/c1-21-14-7-8-15(16(11-14)22-2)17(20)19-13-5-3-12(4-6-13)9-10-18/h3-8,11H,9H2,1-2H3,(H,19,20). The van der Waals surface area contributed by atoms with Crippen LogP contribution in [-0.4, -0.2) is 20.1 Å². The molecule has 22 heavy (non-hydrogen) atoms. The highest BCUT2D eigenvalue weighted by Crippen LogP contribution is 2.25. The average molecular weight is 296 g/mol. The molecule has 0 heterocycles. The van der Waals surface area contributed by atoms with E-state index in [0.717, 1.165) is 5.56 Å². The lowest BCUT2D eigenvalue weighted by Gasteiger charge is -2.11. The first kappa shape index (κ1) is 15.4. The van der Waals surface area contributed by atoms with Gasteiger partial charge in [0.15, 0.2) is 0 Å². The van der Waals surface area contributed by atoms with E-state index in [-0.39, 0.29) is 5.91 Å². The molecule has 112 valence electrons. The van der Waals surface area contributed by atoms with Gasteiger partial charge in [0.1, 0.15) is 11.5 Å². The van der Waals surface area contributed by atoms with Crippen molar-refractivity contribution >= 4 is 11.6 Å². The summed E-state index contributed by atoms with van der Waals surface area (Å²) in [5, 5.41) is 11.4. The third kappa shape index (κ3) is 3.55. The zero-order valence-electron chi connectivity index (χ0n) is 12.4. The lowest BCUT2D eigenvalue weighted by molar-refractivity contribution is 0.102. The van der Waals surface area contributed by atoms with E-state index in [1.165, 1.54) is 7.11 Å². The topological polar surface area (TPSA) is 71.3 Å². The summed E-state index contributed by atoms with van der Waals surface area (Å²) in [6.07, 6.45) is 0.348. The Morgan fingerprint density at radius 3 is 2.45 bits per heavy atom. The molecule has 0 aliphatic rings. The highest BCUT2D eigenvalue weighted by atomic mass is 16.5. The van der Waals surface area contributed by atoms with Crippen LogP contribution >= 0.6 is 0 Å². The third-order valence-electron chi connectivity index (χ3n) is 3.15. The molecule has 0 aromatic heterocycles. The number of methoxy groups -OCH3 is 2. The smallest absolute Gasteiger partial charge is 0.259 e. The van der Waals surface area contributed by atoms with E-state index in [2.05, 4.69) is 11.4 Å². The molecule has 0 spiro atoms. The molecule has 0 radical (unpaired) electrons. The predicted molar refractivity (Wildman–Crippen MR) is 83.3 cm³/mol. The Hall–Kier alpha value is -3.00. The number of carbonyl (C=O) groups excluding carboxylic acids is 1. The van der Waals surface area contributed by atoms with Gasteiger partial charge in [0.2, 0.25) is 0 Å². The lowest BCUT2D eigenvalue weighted by Crippen LogP contribution is -2.13. The van der Waals surface area contributed by atoms with Crippen LogP contribution in [0.25, 0.3) is 0 Å². The van der Waals surface area contributed by atoms with Crippen LogP contribution in [0, 0.1) is 11.3 Å². The summed E-state index contributed by atoms with van der Waals surface area (Å²) < 4.78 is 10.3. The maximum atomic E-state index is 12.3. The van der Waals surface area contributed by atoms with Crippen molar-refractivity contribution < 1.29 is 14.3 Å². The fraction of sp³-hybridized carbons (Fsp3) is 0.176. The molecule has 0 saturated heterocycles. The molecule has 2 rings (SSSR count). The summed E-state index contributed by atoms with van der Waals surface area (Å²) in [7, 11) is 3.06. The van der Waals surface area contributed by atoms with Crippen molar-refractivity contribution in [1.82, 2.24) is 0 Å². The van der Waals surface area contributed by atoms with Crippen LogP contribution in [0.2, 0.25) is 0 Å². The van der Waals surface area contributed by atoms with Crippen molar-refractivity contribution in [3.05, 3.63) is 53.6 Å². The van der Waals surface area contributed by atoms with Gasteiger partial charge in [-0.2, -0.15) is 5.26 Å². The molecule has 0 saturated carbocycles. The number of nitrogens with one attached hydrogen (secondary N) is 1. The largest absolute Gasteiger partial charge is 0.497 e. The van der Waals surface area contributed by atoms with E-state index in [9.17, 15) is 4.79 Å². The number of rotatable bonds is 5. The fourth-order valence-electron chi connectivity index (χ4n) is 1.98. The fourth-order valence-corrected chi connectivity index (χ4v) is 1.98. The number of amides is 1. The molecule has 0 unspecified atom stereocenters. The first-order chi connectivity index (χ1) is 10.7. The molecule has 1 N–H and O–H groups in total. The monoisotopic (exact) mass is 296 g/mol. The molecular weight excluding hydrogens is 280 g/mol. The van der Waals surface area contributed by atoms with Crippen LogP contribution in [0.15, 0.2) is 42.5 Å². The second kappa shape index (κ2) is 7.14.